The van der Waals surface area contributed by atoms with Gasteiger partial charge in [0.25, 0.3) is 0 Å². The molecular weight excluding hydrogens is 1990 g/mol. The average molecular weight is 2100 g/mol. The van der Waals surface area contributed by atoms with Gasteiger partial charge in [-0.1, -0.05) is 96.4 Å². The van der Waals surface area contributed by atoms with E-state index in [9.17, 15) is 15.3 Å². The predicted octanol–water partition coefficient (Wildman–Crippen LogP) is 22.4. The van der Waals surface area contributed by atoms with Gasteiger partial charge in [0, 0.05) is 54.9 Å². The molecule has 0 bridgehead atoms. The van der Waals surface area contributed by atoms with Crippen molar-refractivity contribution >= 4 is 179 Å². The highest BCUT2D eigenvalue weighted by atomic mass is 32.1. The Hall–Kier alpha value is -11.8. The number of aliphatic hydroxyl groups is 3. The lowest BCUT2D eigenvalue weighted by atomic mass is 10.0. The Kier molecular flexibility index (Phi) is 30.3. The first-order valence-electron chi connectivity index (χ1n) is 48.4. The summed E-state index contributed by atoms with van der Waals surface area (Å²) in [5.41, 5.74) is 28.1. The topological polar surface area (TPSA) is 465 Å². The molecule has 4 aliphatic carbocycles. The molecule has 35 nitrogen and oxygen atoms in total. The number of thiophene rings is 4. The van der Waals surface area contributed by atoms with Crippen molar-refractivity contribution in [3.8, 4) is 42.3 Å². The van der Waals surface area contributed by atoms with Crippen molar-refractivity contribution < 1.29 is 43.7 Å². The van der Waals surface area contributed by atoms with Crippen LogP contribution in [0.2, 0.25) is 0 Å². The van der Waals surface area contributed by atoms with E-state index in [4.69, 9.17) is 94.3 Å². The lowest BCUT2D eigenvalue weighted by Gasteiger charge is -2.25. The number of aliphatic hydroxyl groups excluding tert-OH is 3. The van der Waals surface area contributed by atoms with Crippen LogP contribution in [0.1, 0.15) is 123 Å². The number of azide groups is 2. The maximum atomic E-state index is 10.7. The zero-order valence-electron chi connectivity index (χ0n) is 81.5. The minimum atomic E-state index is -1.03. The highest BCUT2D eigenvalue weighted by molar-refractivity contribution is 7.23. The standard InChI is InChI=1S/C27H31N5O2S2.C26H28N8O2S2.C26H29N5O3S2.C23H24N8O2S2/c1-5-16-13-19(23-22(16)33-27(3,4)34-23)30-24-21(25-31-18-10-6-7-11-20(18)36-25)15(2)29-26(32-24)28-14-17-9-8-12-35-17;1-14-20(24-32-17-8-4-5-9-19(17)38-24)23(33-25(30-14)28-13-16-7-6-10-37-16)31-18-11-15(12-29-34-27)21-22(18)36-26(2,3)35-21;1-14-20(24-30-17-8-4-5-9-19(17)36-24)23(31-25(28-14)27-12-16-7-6-10-35-16)29-18-11-15(13-32)21-22(18)34-26(2,3)33-21;1-12-18(22-29-15-6-2-3-7-17(15)35-22)21(30-23(27-12)25-11-14-5-4-8-34-14)28-16-9-13(10-26-31-24)19(32)20(16)33/h6-12,16,19,22-23H,5,13-14H2,1-4H3,(H2,28,29,30,32);4-10,15,18,21-22H,11-13H2,1-3H3,(H2,28,30,31,33);4-10,15,18,21-22,32H,11-13H2,1-3H3,(H2,27,28,29,31);2-8,13,16,19-20,32-33H,9-11H2,1H3,(H2,25,27,28,30)/t16-,19+,22+,23-;2*15-,18-,21-,22+;13-,16-,19-,20+/m0111/s1. The summed E-state index contributed by atoms with van der Waals surface area (Å²) in [6.45, 7) is 25.0. The monoisotopic (exact) mass is 2100 g/mol. The molecule has 11 N–H and O–H groups in total. The van der Waals surface area contributed by atoms with Gasteiger partial charge in [0.05, 0.1) is 161 Å². The zero-order chi connectivity index (χ0) is 100. The number of para-hydroxylation sites is 4. The maximum absolute atomic E-state index is 10.7. The van der Waals surface area contributed by atoms with Crippen LogP contribution in [-0.4, -0.2) is 185 Å². The molecule has 15 heterocycles. The lowest BCUT2D eigenvalue weighted by molar-refractivity contribution is -0.158. The van der Waals surface area contributed by atoms with Gasteiger partial charge in [-0.3, -0.25) is 0 Å². The van der Waals surface area contributed by atoms with Crippen LogP contribution in [0.15, 0.2) is 177 Å². The molecule has 23 rings (SSSR count). The van der Waals surface area contributed by atoms with Crippen molar-refractivity contribution in [3.05, 3.63) is 230 Å². The van der Waals surface area contributed by atoms with E-state index in [1.165, 1.54) is 14.6 Å². The van der Waals surface area contributed by atoms with Crippen molar-refractivity contribution in [3.63, 3.8) is 0 Å². The number of nitrogens with zero attached hydrogens (tertiary/aromatic N) is 18. The van der Waals surface area contributed by atoms with E-state index in [1.807, 2.05) is 172 Å². The van der Waals surface area contributed by atoms with Crippen LogP contribution in [0.25, 0.3) is 104 Å². The van der Waals surface area contributed by atoms with E-state index in [0.717, 1.165) is 142 Å². The van der Waals surface area contributed by atoms with Crippen LogP contribution in [0.4, 0.5) is 47.1 Å². The quantitative estimate of drug-likeness (QED) is 0.0113. The first-order chi connectivity index (χ1) is 70.2. The number of nitrogens with one attached hydrogen (secondary N) is 8. The van der Waals surface area contributed by atoms with Crippen LogP contribution >= 0.6 is 90.7 Å². The van der Waals surface area contributed by atoms with Crippen molar-refractivity contribution in [1.29, 1.82) is 0 Å². The van der Waals surface area contributed by atoms with Gasteiger partial charge in [-0.2, -0.15) is 19.9 Å². The van der Waals surface area contributed by atoms with Crippen LogP contribution in [0, 0.1) is 51.4 Å². The molecule has 12 aromatic heterocycles. The summed E-state index contributed by atoms with van der Waals surface area (Å²) in [7, 11) is 0. The van der Waals surface area contributed by atoms with E-state index < -0.39 is 35.6 Å². The first kappa shape index (κ1) is 101. The second-order valence-corrected chi connectivity index (χ2v) is 46.4. The number of anilines is 8. The predicted molar refractivity (Wildman–Crippen MR) is 579 cm³/mol. The highest BCUT2D eigenvalue weighted by Gasteiger charge is 2.57. The Bertz CT molecular complexity index is 6980. The minimum Gasteiger partial charge on any atom is -0.396 e. The third kappa shape index (κ3) is 22.7. The van der Waals surface area contributed by atoms with E-state index >= 15 is 0 Å². The molecule has 4 saturated carbocycles. The molecule has 0 spiro atoms. The molecule has 16 atom stereocenters. The van der Waals surface area contributed by atoms with Crippen LogP contribution in [0.5, 0.6) is 0 Å². The van der Waals surface area contributed by atoms with Crippen molar-refractivity contribution in [1.82, 2.24) is 59.8 Å². The summed E-state index contributed by atoms with van der Waals surface area (Å²) in [6, 6.07) is 48.3. The summed E-state index contributed by atoms with van der Waals surface area (Å²) in [6.07, 6.45) is 1.24. The normalized spacial score (nSPS) is 23.8. The summed E-state index contributed by atoms with van der Waals surface area (Å²) in [5.74, 6) is 3.09. The fourth-order valence-electron chi connectivity index (χ4n) is 20.2. The van der Waals surface area contributed by atoms with Gasteiger partial charge >= 0.3 is 0 Å². The number of hydrogen-bond donors (Lipinski definition) is 11. The number of thiazole rings is 4. The minimum absolute atomic E-state index is 0.000431. The maximum Gasteiger partial charge on any atom is 0.225 e. The molecule has 752 valence electrons. The zero-order valence-corrected chi connectivity index (χ0v) is 88.0. The Morgan fingerprint density at radius 2 is 0.621 bits per heavy atom. The van der Waals surface area contributed by atoms with Gasteiger partial charge in [0.2, 0.25) is 23.8 Å². The van der Waals surface area contributed by atoms with Gasteiger partial charge in [-0.25, -0.2) is 39.9 Å². The number of fused-ring (bicyclic) bond motifs is 7. The van der Waals surface area contributed by atoms with Crippen LogP contribution in [0.3, 0.4) is 0 Å². The Morgan fingerprint density at radius 3 is 0.917 bits per heavy atom. The summed E-state index contributed by atoms with van der Waals surface area (Å²) < 4.78 is 42.1. The van der Waals surface area contributed by atoms with Gasteiger partial charge < -0.3 is 86.3 Å². The second kappa shape index (κ2) is 43.7. The van der Waals surface area contributed by atoms with E-state index in [-0.39, 0.29) is 85.7 Å². The molecule has 0 radical (unpaired) electrons. The summed E-state index contributed by atoms with van der Waals surface area (Å²) in [5, 5.41) is 78.2. The molecular formula is C102H112N26O9S8. The Balaban J connectivity index is 0.000000118. The molecule has 7 aliphatic rings. The van der Waals surface area contributed by atoms with Crippen molar-refractivity contribution in [2.75, 3.05) is 62.2 Å². The molecule has 16 aromatic rings. The van der Waals surface area contributed by atoms with Crippen LogP contribution in [-0.2, 0) is 54.6 Å². The van der Waals surface area contributed by atoms with Gasteiger partial charge in [-0.15, -0.1) is 90.7 Å². The molecule has 4 aromatic carbocycles. The van der Waals surface area contributed by atoms with Gasteiger partial charge in [0.15, 0.2) is 17.4 Å². The largest absolute Gasteiger partial charge is 0.396 e. The second-order valence-electron chi connectivity index (χ2n) is 38.2. The number of aromatic nitrogens is 12. The molecule has 3 saturated heterocycles. The third-order valence-electron chi connectivity index (χ3n) is 26.7. The van der Waals surface area contributed by atoms with Crippen molar-refractivity contribution in [2.24, 2.45) is 33.9 Å². The van der Waals surface area contributed by atoms with E-state index in [1.54, 1.807) is 90.7 Å². The number of ether oxygens (including phenoxy) is 6. The first-order valence-corrected chi connectivity index (χ1v) is 55.2. The lowest BCUT2D eigenvalue weighted by Crippen LogP contribution is -2.35. The molecule has 43 heteroatoms. The number of rotatable bonds is 30. The summed E-state index contributed by atoms with van der Waals surface area (Å²) in [4.78, 5) is 68.8. The molecule has 3 aliphatic heterocycles. The number of aryl methyl sites for hydroxylation is 4. The molecule has 145 heavy (non-hydrogen) atoms. The smallest absolute Gasteiger partial charge is 0.225 e. The molecule has 7 fully saturated rings. The molecule has 0 amide bonds. The Morgan fingerprint density at radius 1 is 0.345 bits per heavy atom. The fourth-order valence-corrected chi connectivity index (χ4v) is 27.0. The average Bonchev–Trinajstić information content (AvgIpc) is 1.61. The number of benzene rings is 4. The van der Waals surface area contributed by atoms with E-state index in [2.05, 4.69) is 139 Å². The van der Waals surface area contributed by atoms with Crippen LogP contribution < -0.4 is 42.5 Å². The number of hydrogen-bond acceptors (Lipinski definition) is 39. The van der Waals surface area contributed by atoms with Crippen molar-refractivity contribution in [2.45, 2.75) is 225 Å². The fraction of sp³-hybridized carbons (Fsp3) is 0.412. The van der Waals surface area contributed by atoms with E-state index in [0.29, 0.717) is 86.3 Å². The Labute approximate surface area is 869 Å². The van der Waals surface area contributed by atoms with Gasteiger partial charge in [0.1, 0.15) is 67.7 Å². The highest BCUT2D eigenvalue weighted by Crippen LogP contribution is 2.51. The summed E-state index contributed by atoms with van der Waals surface area (Å²) >= 11 is 13.2. The molecule has 0 unspecified atom stereocenters. The van der Waals surface area contributed by atoms with Gasteiger partial charge in [-0.05, 0) is 218 Å². The third-order valence-corrected chi connectivity index (χ3v) is 34.5. The SMILES string of the molecule is CC[C@H]1C[C@@H](Nc2nc(NCc3cccs3)nc(C)c2-c2nc3ccccc3s2)[C@@H]2OC(C)(C)O[C@H]12.Cc1nc(NCc2cccs2)nc(N[C@@H]2C[C@H](CN=[N+]=[N-])[C@@H](O)[C@H]2O)c1-c1nc2ccccc2s1.Cc1nc(NCc2cccs2)nc(N[C@@H]2C[C@H](CN=[N+]=[N-])[C@H]3OC(C)(C)O[C@H]32)c1-c1nc2ccccc2s1.Cc1nc(NCc2cccs2)nc(N[C@@H]2C[C@H](CO)[C@H]3OC(C)(C)O[C@H]32)c1-c1nc2ccccc2s1.